The molecule has 0 radical (unpaired) electrons. The SMILES string of the molecule is CC1=[C-]CC=C1.I.I.[Zr]. The van der Waals surface area contributed by atoms with E-state index in [-0.39, 0.29) is 74.2 Å². The average Bonchev–Trinajstić information content (AvgIpc) is 1.86. The molecule has 0 aromatic rings. The van der Waals surface area contributed by atoms with Crippen LogP contribution >= 0.6 is 48.0 Å². The molecule has 0 saturated heterocycles. The molecule has 1 rings (SSSR count). The van der Waals surface area contributed by atoms with Crippen LogP contribution in [0, 0.1) is 6.08 Å². The molecule has 0 atom stereocenters. The Balaban J connectivity index is -0.000000120. The summed E-state index contributed by atoms with van der Waals surface area (Å²) in [5.74, 6) is 0. The van der Waals surface area contributed by atoms with Crippen LogP contribution in [0.15, 0.2) is 17.7 Å². The van der Waals surface area contributed by atoms with Gasteiger partial charge >= 0.3 is 0 Å². The molecule has 0 amide bonds. The van der Waals surface area contributed by atoms with Crippen molar-refractivity contribution in [3.63, 3.8) is 0 Å². The van der Waals surface area contributed by atoms with Crippen LogP contribution in [0.2, 0.25) is 0 Å². The topological polar surface area (TPSA) is 0 Å². The minimum atomic E-state index is 0. The van der Waals surface area contributed by atoms with E-state index in [1.807, 2.05) is 0 Å². The normalized spacial score (nSPS) is 12.3. The van der Waals surface area contributed by atoms with Crippen LogP contribution in [0.3, 0.4) is 0 Å². The van der Waals surface area contributed by atoms with Crippen LogP contribution in [-0.4, -0.2) is 0 Å². The second kappa shape index (κ2) is 9.82. The van der Waals surface area contributed by atoms with Gasteiger partial charge in [-0.2, -0.15) is 6.08 Å². The van der Waals surface area contributed by atoms with Crippen molar-refractivity contribution in [1.82, 2.24) is 0 Å². The summed E-state index contributed by atoms with van der Waals surface area (Å²) in [5.41, 5.74) is 1.27. The summed E-state index contributed by atoms with van der Waals surface area (Å²) in [4.78, 5) is 0. The third-order valence-corrected chi connectivity index (χ3v) is 0.867. The van der Waals surface area contributed by atoms with Crippen molar-refractivity contribution in [2.24, 2.45) is 0 Å². The molecule has 52 valence electrons. The number of rotatable bonds is 0. The minimum absolute atomic E-state index is 0. The van der Waals surface area contributed by atoms with Crippen LogP contribution in [-0.2, 0) is 26.2 Å². The summed E-state index contributed by atoms with van der Waals surface area (Å²) in [6.07, 6.45) is 8.33. The van der Waals surface area contributed by atoms with E-state index in [1.165, 1.54) is 5.57 Å². The fourth-order valence-corrected chi connectivity index (χ4v) is 0.515. The van der Waals surface area contributed by atoms with Gasteiger partial charge in [-0.05, 0) is 0 Å². The molecule has 0 heterocycles. The van der Waals surface area contributed by atoms with Gasteiger partial charge in [0.05, 0.1) is 0 Å². The molecule has 1 aliphatic carbocycles. The molecule has 9 heavy (non-hydrogen) atoms. The first-order valence-electron chi connectivity index (χ1n) is 2.13. The average molecular weight is 426 g/mol. The first-order chi connectivity index (χ1) is 2.89. The van der Waals surface area contributed by atoms with Crippen LogP contribution in [0.1, 0.15) is 13.3 Å². The van der Waals surface area contributed by atoms with Crippen LogP contribution in [0.25, 0.3) is 0 Å². The van der Waals surface area contributed by atoms with Gasteiger partial charge in [0, 0.05) is 26.2 Å². The van der Waals surface area contributed by atoms with E-state index in [0.29, 0.717) is 0 Å². The van der Waals surface area contributed by atoms with Gasteiger partial charge in [0.1, 0.15) is 0 Å². The molecule has 0 saturated carbocycles. The Morgan fingerprint density at radius 1 is 1.44 bits per heavy atom. The van der Waals surface area contributed by atoms with Crippen molar-refractivity contribution in [2.45, 2.75) is 13.3 Å². The van der Waals surface area contributed by atoms with Gasteiger partial charge in [-0.1, -0.05) is 6.92 Å². The summed E-state index contributed by atoms with van der Waals surface area (Å²) in [6.45, 7) is 2.06. The molecule has 1 aliphatic rings. The fourth-order valence-electron chi connectivity index (χ4n) is 0.515. The third kappa shape index (κ3) is 7.72. The molecular weight excluding hydrogens is 417 g/mol. The van der Waals surface area contributed by atoms with Crippen molar-refractivity contribution in [3.8, 4) is 0 Å². The van der Waals surface area contributed by atoms with E-state index in [4.69, 9.17) is 0 Å². The molecular formula is C6H9I2Zr-. The maximum atomic E-state index is 3.12. The van der Waals surface area contributed by atoms with Crippen LogP contribution in [0.5, 0.6) is 0 Å². The van der Waals surface area contributed by atoms with Gasteiger partial charge < -0.3 is 0 Å². The Kier molecular flexibility index (Phi) is 18.6. The van der Waals surface area contributed by atoms with E-state index in [2.05, 4.69) is 25.2 Å². The summed E-state index contributed by atoms with van der Waals surface area (Å²) < 4.78 is 0. The summed E-state index contributed by atoms with van der Waals surface area (Å²) in [7, 11) is 0. The second-order valence-electron chi connectivity index (χ2n) is 1.47. The smallest absolute Gasteiger partial charge is 0 e. The van der Waals surface area contributed by atoms with Crippen molar-refractivity contribution in [1.29, 1.82) is 0 Å². The van der Waals surface area contributed by atoms with E-state index >= 15 is 0 Å². The van der Waals surface area contributed by atoms with Crippen molar-refractivity contribution in [2.75, 3.05) is 0 Å². The molecule has 0 N–H and O–H groups in total. The van der Waals surface area contributed by atoms with Gasteiger partial charge in [0.2, 0.25) is 0 Å². The molecule has 0 spiro atoms. The Hall–Kier alpha value is 1.82. The fraction of sp³-hybridized carbons (Fsp3) is 0.333. The molecule has 0 unspecified atom stereocenters. The van der Waals surface area contributed by atoms with E-state index in [9.17, 15) is 0 Å². The zero-order chi connectivity index (χ0) is 4.41. The molecule has 0 nitrogen and oxygen atoms in total. The summed E-state index contributed by atoms with van der Waals surface area (Å²) in [6, 6.07) is 0. The van der Waals surface area contributed by atoms with Crippen LogP contribution < -0.4 is 0 Å². The molecule has 0 fully saturated rings. The molecule has 0 bridgehead atoms. The molecule has 3 heteroatoms. The van der Waals surface area contributed by atoms with Gasteiger partial charge in [-0.25, -0.2) is 11.6 Å². The summed E-state index contributed by atoms with van der Waals surface area (Å²) in [5, 5.41) is 0. The van der Waals surface area contributed by atoms with Gasteiger partial charge in [0.15, 0.2) is 0 Å². The zero-order valence-electron chi connectivity index (χ0n) is 5.18. The van der Waals surface area contributed by atoms with E-state index < -0.39 is 0 Å². The van der Waals surface area contributed by atoms with Crippen LogP contribution in [0.4, 0.5) is 0 Å². The second-order valence-corrected chi connectivity index (χ2v) is 1.47. The maximum Gasteiger partial charge on any atom is 0 e. The predicted octanol–water partition coefficient (Wildman–Crippen LogP) is 2.93. The quantitative estimate of drug-likeness (QED) is 0.413. The number of halogens is 2. The van der Waals surface area contributed by atoms with E-state index in [0.717, 1.165) is 6.42 Å². The number of allylic oxidation sites excluding steroid dienone is 4. The predicted molar refractivity (Wildman–Crippen MR) is 57.0 cm³/mol. The Morgan fingerprint density at radius 2 is 2.00 bits per heavy atom. The Morgan fingerprint density at radius 3 is 2.11 bits per heavy atom. The number of hydrogen-bond acceptors (Lipinski definition) is 0. The Labute approximate surface area is 110 Å². The largest absolute Gasteiger partial charge is 0.270 e. The summed E-state index contributed by atoms with van der Waals surface area (Å²) >= 11 is 0. The van der Waals surface area contributed by atoms with Crippen molar-refractivity contribution in [3.05, 3.63) is 23.8 Å². The Bertz CT molecular complexity index is 105. The number of hydrogen-bond donors (Lipinski definition) is 0. The van der Waals surface area contributed by atoms with Gasteiger partial charge in [-0.3, -0.25) is 6.08 Å². The molecule has 0 aromatic carbocycles. The maximum absolute atomic E-state index is 3.12. The first kappa shape index (κ1) is 17.1. The molecule has 0 aliphatic heterocycles. The van der Waals surface area contributed by atoms with Crippen molar-refractivity contribution < 1.29 is 26.2 Å². The molecule has 0 aromatic heterocycles. The standard InChI is InChI=1S/C6H7.2HI.Zr/c1-6-4-2-3-5-6;;;/h2,4H,3H2,1H3;2*1H;/q-1;;;. The third-order valence-electron chi connectivity index (χ3n) is 0.867. The first-order valence-corrected chi connectivity index (χ1v) is 2.13. The van der Waals surface area contributed by atoms with Gasteiger partial charge in [0.25, 0.3) is 0 Å². The minimum Gasteiger partial charge on any atom is -0.270 e. The van der Waals surface area contributed by atoms with Gasteiger partial charge in [-0.15, -0.1) is 54.4 Å². The monoisotopic (exact) mass is 425 g/mol. The zero-order valence-corrected chi connectivity index (χ0v) is 12.3. The van der Waals surface area contributed by atoms with E-state index in [1.54, 1.807) is 0 Å². The van der Waals surface area contributed by atoms with Crippen molar-refractivity contribution >= 4 is 48.0 Å².